The van der Waals surface area contributed by atoms with Gasteiger partial charge in [-0.1, -0.05) is 93.4 Å². The van der Waals surface area contributed by atoms with Crippen molar-refractivity contribution in [3.05, 3.63) is 161 Å². The molecule has 0 spiro atoms. The second-order valence-corrected chi connectivity index (χ2v) is 32.5. The fraction of sp³-hybridized carbons (Fsp3) is 0.500. The fourth-order valence-electron chi connectivity index (χ4n) is 14.7. The molecular formula is C90H125ClN20O6. The number of hydrogen-bond donors (Lipinski definition) is 8. The van der Waals surface area contributed by atoms with E-state index in [0.29, 0.717) is 79.6 Å². The van der Waals surface area contributed by atoms with Crippen molar-refractivity contribution >= 4 is 105 Å². The summed E-state index contributed by atoms with van der Waals surface area (Å²) in [5.74, 6) is 11.1. The molecule has 26 nitrogen and oxygen atoms in total. The number of allylic oxidation sites excluding steroid dienone is 2. The van der Waals surface area contributed by atoms with Gasteiger partial charge in [-0.15, -0.1) is 11.6 Å². The zero-order chi connectivity index (χ0) is 83.3. The van der Waals surface area contributed by atoms with E-state index in [9.17, 15) is 24.0 Å². The summed E-state index contributed by atoms with van der Waals surface area (Å²) >= 11 is 5.66. The van der Waals surface area contributed by atoms with E-state index in [2.05, 4.69) is 138 Å². The number of aryl methyl sites for hydroxylation is 5. The first-order valence-corrected chi connectivity index (χ1v) is 41.3. The number of benzene rings is 3. The molecule has 4 aromatic heterocycles. The summed E-state index contributed by atoms with van der Waals surface area (Å²) in [6.07, 6.45) is 24.5. The summed E-state index contributed by atoms with van der Waals surface area (Å²) in [4.78, 5) is 105. The Hall–Kier alpha value is -10.5. The molecule has 2 unspecified atom stereocenters. The first kappa shape index (κ1) is 92.1. The van der Waals surface area contributed by atoms with Gasteiger partial charge in [-0.2, -0.15) is 19.9 Å². The van der Waals surface area contributed by atoms with Crippen molar-refractivity contribution in [2.75, 3.05) is 122 Å². The zero-order valence-corrected chi connectivity index (χ0v) is 70.8. The summed E-state index contributed by atoms with van der Waals surface area (Å²) in [6.45, 7) is 32.0. The number of nitrogens with zero attached hydrogens (tertiary/aromatic N) is 12. The summed E-state index contributed by atoms with van der Waals surface area (Å²) in [5.41, 5.74) is 9.60. The van der Waals surface area contributed by atoms with Crippen molar-refractivity contribution in [1.29, 1.82) is 0 Å². The molecule has 1 saturated carbocycles. The molecule has 4 aliphatic heterocycles. The number of piperidine rings is 4. The van der Waals surface area contributed by atoms with E-state index in [1.54, 1.807) is 18.0 Å². The number of hydrogen-bond acceptors (Lipinski definition) is 25. The average Bonchev–Trinajstić information content (AvgIpc) is 0.862. The average molecular weight is 1620 g/mol. The van der Waals surface area contributed by atoms with Crippen LogP contribution in [0.15, 0.2) is 117 Å². The van der Waals surface area contributed by atoms with Crippen LogP contribution < -0.4 is 42.5 Å². The Morgan fingerprint density at radius 3 is 1.38 bits per heavy atom. The van der Waals surface area contributed by atoms with Gasteiger partial charge < -0.3 is 66.9 Å². The topological polar surface area (TPSA) is 307 Å². The van der Waals surface area contributed by atoms with Gasteiger partial charge in [-0.05, 0) is 226 Å². The lowest BCUT2D eigenvalue weighted by atomic mass is 9.81. The van der Waals surface area contributed by atoms with Crippen LogP contribution in [0.5, 0.6) is 0 Å². The molecule has 5 fully saturated rings. The number of likely N-dealkylation sites (N-methyl/N-ethyl adjacent to an activating group) is 3. The van der Waals surface area contributed by atoms with Crippen LogP contribution in [0.25, 0.3) is 0 Å². The maximum Gasteiger partial charge on any atom is 0.410 e. The highest BCUT2D eigenvalue weighted by Crippen LogP contribution is 2.33. The molecule has 117 heavy (non-hydrogen) atoms. The quantitative estimate of drug-likeness (QED) is 0.0103. The normalized spacial score (nSPS) is 18.8. The minimum atomic E-state index is -0.525. The highest BCUT2D eigenvalue weighted by Gasteiger charge is 2.31. The second kappa shape index (κ2) is 45.9. The smallest absolute Gasteiger partial charge is 0.410 e. The Kier molecular flexibility index (Phi) is 36.1. The highest BCUT2D eigenvalue weighted by molar-refractivity contribution is 6.27. The maximum atomic E-state index is 12.5. The summed E-state index contributed by atoms with van der Waals surface area (Å²) in [6, 6.07) is 22.8. The van der Waals surface area contributed by atoms with Crippen LogP contribution in [0.2, 0.25) is 0 Å². The van der Waals surface area contributed by atoms with Crippen LogP contribution in [0.4, 0.5) is 68.9 Å². The third-order valence-electron chi connectivity index (χ3n) is 20.9. The number of Topliss-reactive ketones (excluding diaryl/α,β-unsaturated/α-hetero) is 2. The third-order valence-corrected chi connectivity index (χ3v) is 21.2. The Bertz CT molecular complexity index is 4540. The Morgan fingerprint density at radius 1 is 0.513 bits per heavy atom. The van der Waals surface area contributed by atoms with E-state index in [1.165, 1.54) is 44.3 Å². The van der Waals surface area contributed by atoms with Gasteiger partial charge in [0.05, 0.1) is 5.88 Å². The standard InChI is InChI=1S/C26H35N5O3.C22H27N5O.C21H33N5O.C20H26ClN5O.CH4/c1-7-21(32)14-19-13-17(2)10-11-22(19)29-23-18(3)15-27-24(30-23)28-20-9-8-12-31(16-20)25(33)34-26(4,5)6;1-4-8-19(28)13-17-9-5-6-11-20(17)25-21-16(2)14-23-22(26-21)24-18-10-7-12-27(3)15-18;1-4-18(27)12-16-8-5-6-10-19(16)24-20-15(2)13-22-21(25-20)23-17-9-7-11-26(3)14-17;1-14-12-22-20(23-16-7-5-9-26(2)13-16)25-19(14)24-18-8-4-3-6-15(18)10-17(27)11-21;/h7,10-11,13,15,20H,1,8-9,12,14,16H2,2-6H3,(H2,27,28,29,30);5-6,9,11,14,18H,7,10,12-13,15H2,1-3H3,(H2,23,24,25,26);4,13,16-17,19H,1,5-12,14H2,2-3H3,(H2,22,23,24,25);3-4,6,8,12,16H,5,7,9-11,13H2,1-2H3,(H2,22,23,24,25);1H4/t20-;18-;16?,17-,19?;16-;/m0000./s1. The van der Waals surface area contributed by atoms with E-state index in [-0.39, 0.29) is 67.5 Å². The van der Waals surface area contributed by atoms with E-state index in [4.69, 9.17) is 21.3 Å². The molecule has 27 heteroatoms. The van der Waals surface area contributed by atoms with Crippen LogP contribution in [-0.2, 0) is 43.2 Å². The van der Waals surface area contributed by atoms with Gasteiger partial charge in [0.1, 0.15) is 28.9 Å². The lowest BCUT2D eigenvalue weighted by Gasteiger charge is -2.34. The predicted octanol–water partition coefficient (Wildman–Crippen LogP) is 15.5. The lowest BCUT2D eigenvalue weighted by Crippen LogP contribution is -2.47. The van der Waals surface area contributed by atoms with Gasteiger partial charge in [-0.25, -0.2) is 24.7 Å². The largest absolute Gasteiger partial charge is 0.444 e. The SMILES string of the molecule is C.C=CC(=O)CC1CCCCC1Nc1nc(N[C@H]2CCCN(C)C2)ncc1C.C=CC(=O)Cc1cc(C)ccc1Nc1nc(N[C@H]2CCCN(C(=O)OC(C)(C)C)C2)ncc1C.CC#CC(=O)Cc1ccccc1Nc1nc(N[C@H]2CCCN(C)C2)ncc1C.Cc1cnc(N[C@H]2CCCN(C)C2)nc1Nc1ccccc1CC(=O)CCl. The molecule has 8 heterocycles. The molecule has 12 rings (SSSR count). The van der Waals surface area contributed by atoms with E-state index in [1.807, 2.05) is 141 Å². The van der Waals surface area contributed by atoms with Crippen molar-refractivity contribution < 1.29 is 28.7 Å². The lowest BCUT2D eigenvalue weighted by molar-refractivity contribution is -0.116. The fourth-order valence-corrected chi connectivity index (χ4v) is 14.8. The molecule has 1 aliphatic carbocycles. The minimum absolute atomic E-state index is 0. The Balaban J connectivity index is 0.000000195. The van der Waals surface area contributed by atoms with E-state index >= 15 is 0 Å². The van der Waals surface area contributed by atoms with Gasteiger partial charge in [0, 0.05) is 153 Å². The van der Waals surface area contributed by atoms with Gasteiger partial charge in [0.15, 0.2) is 17.3 Å². The van der Waals surface area contributed by atoms with Crippen molar-refractivity contribution in [2.45, 2.75) is 208 Å². The molecule has 7 aromatic rings. The van der Waals surface area contributed by atoms with Crippen LogP contribution >= 0.6 is 11.6 Å². The van der Waals surface area contributed by atoms with Crippen molar-refractivity contribution in [2.24, 2.45) is 5.92 Å². The number of aromatic nitrogens is 8. The Morgan fingerprint density at radius 2 is 0.932 bits per heavy atom. The van der Waals surface area contributed by atoms with Crippen LogP contribution in [0, 0.1) is 52.4 Å². The molecule has 3 aromatic carbocycles. The number of ether oxygens (including phenoxy) is 1. The monoisotopic (exact) mass is 1620 g/mol. The molecule has 0 radical (unpaired) electrons. The number of nitrogens with one attached hydrogen (secondary N) is 8. The number of carbonyl (C=O) groups excluding carboxylic acids is 5. The number of ketones is 4. The number of anilines is 11. The molecule has 1 amide bonds. The summed E-state index contributed by atoms with van der Waals surface area (Å²) in [7, 11) is 6.43. The van der Waals surface area contributed by atoms with Crippen LogP contribution in [0.3, 0.4) is 0 Å². The zero-order valence-electron chi connectivity index (χ0n) is 70.1. The Labute approximate surface area is 698 Å². The number of amides is 1. The van der Waals surface area contributed by atoms with E-state index in [0.717, 1.165) is 163 Å². The molecular weight excluding hydrogens is 1490 g/mol. The highest BCUT2D eigenvalue weighted by atomic mass is 35.5. The maximum absolute atomic E-state index is 12.5. The number of likely N-dealkylation sites (tertiary alicyclic amines) is 4. The molecule has 0 bridgehead atoms. The predicted molar refractivity (Wildman–Crippen MR) is 474 cm³/mol. The molecule has 628 valence electrons. The first-order chi connectivity index (χ1) is 55.7. The van der Waals surface area contributed by atoms with Gasteiger partial charge in [0.25, 0.3) is 0 Å². The van der Waals surface area contributed by atoms with Gasteiger partial charge >= 0.3 is 6.09 Å². The van der Waals surface area contributed by atoms with Crippen LogP contribution in [0.1, 0.15) is 163 Å². The molecule has 6 atom stereocenters. The molecule has 4 saturated heterocycles. The molecule has 8 N–H and O–H groups in total. The number of carbonyl (C=O) groups is 5. The number of para-hydroxylation sites is 2. The second-order valence-electron chi connectivity index (χ2n) is 32.2. The van der Waals surface area contributed by atoms with Crippen molar-refractivity contribution in [1.82, 2.24) is 59.5 Å². The van der Waals surface area contributed by atoms with Crippen molar-refractivity contribution in [3.8, 4) is 11.8 Å². The van der Waals surface area contributed by atoms with Crippen LogP contribution in [-0.4, -0.2) is 204 Å². The van der Waals surface area contributed by atoms with Crippen molar-refractivity contribution in [3.63, 3.8) is 0 Å². The number of alkyl halides is 1. The number of halogens is 1. The van der Waals surface area contributed by atoms with Gasteiger partial charge in [-0.3, -0.25) is 19.2 Å². The summed E-state index contributed by atoms with van der Waals surface area (Å²) in [5, 5.41) is 27.5. The van der Waals surface area contributed by atoms with Gasteiger partial charge in [0.2, 0.25) is 29.6 Å². The molecule has 5 aliphatic rings. The minimum Gasteiger partial charge on any atom is -0.444 e. The third kappa shape index (κ3) is 30.2. The van der Waals surface area contributed by atoms with E-state index < -0.39 is 5.60 Å². The number of rotatable bonds is 27. The summed E-state index contributed by atoms with van der Waals surface area (Å²) < 4.78 is 5.52. The first-order valence-electron chi connectivity index (χ1n) is 40.8.